The summed E-state index contributed by atoms with van der Waals surface area (Å²) in [5.74, 6) is 2.04. The second kappa shape index (κ2) is 7.25. The van der Waals surface area contributed by atoms with Crippen molar-refractivity contribution in [2.45, 2.75) is 26.8 Å². The topological polar surface area (TPSA) is 93.9 Å². The minimum absolute atomic E-state index is 0.163. The molecule has 1 aromatic carbocycles. The van der Waals surface area contributed by atoms with Crippen LogP contribution in [0.1, 0.15) is 24.7 Å². The fourth-order valence-electron chi connectivity index (χ4n) is 2.47. The smallest absolute Gasteiger partial charge is 0.231 e. The van der Waals surface area contributed by atoms with Gasteiger partial charge in [-0.25, -0.2) is 0 Å². The zero-order valence-electron chi connectivity index (χ0n) is 14.1. The van der Waals surface area contributed by atoms with Crippen LogP contribution in [0.4, 0.5) is 5.82 Å². The maximum Gasteiger partial charge on any atom is 0.231 e. The molecular weight excluding hydrogens is 326 g/mol. The molecule has 8 heteroatoms. The SMILES string of the molecule is CC(=O)N(CCC(=O)NCc1ccc2c(c1)OCO2)c1cc(C)on1. The molecule has 0 unspecified atom stereocenters. The van der Waals surface area contributed by atoms with E-state index in [1.165, 1.54) is 11.8 Å². The zero-order valence-corrected chi connectivity index (χ0v) is 14.1. The van der Waals surface area contributed by atoms with E-state index in [1.807, 2.05) is 18.2 Å². The van der Waals surface area contributed by atoms with E-state index in [-0.39, 0.29) is 31.6 Å². The van der Waals surface area contributed by atoms with Crippen molar-refractivity contribution in [1.29, 1.82) is 0 Å². The Kier molecular flexibility index (Phi) is 4.87. The summed E-state index contributed by atoms with van der Waals surface area (Å²) in [5.41, 5.74) is 0.910. The summed E-state index contributed by atoms with van der Waals surface area (Å²) in [6, 6.07) is 7.18. The lowest BCUT2D eigenvalue weighted by atomic mass is 10.2. The highest BCUT2D eigenvalue weighted by atomic mass is 16.7. The van der Waals surface area contributed by atoms with Gasteiger partial charge < -0.3 is 19.3 Å². The van der Waals surface area contributed by atoms with Crippen LogP contribution in [0.3, 0.4) is 0 Å². The molecule has 0 aliphatic carbocycles. The number of aryl methyl sites for hydroxylation is 1. The van der Waals surface area contributed by atoms with Gasteiger partial charge in [-0.3, -0.25) is 14.5 Å². The Bertz CT molecular complexity index is 786. The van der Waals surface area contributed by atoms with Crippen LogP contribution in [-0.2, 0) is 16.1 Å². The molecule has 1 aliphatic rings. The molecular formula is C17H19N3O5. The van der Waals surface area contributed by atoms with E-state index in [4.69, 9.17) is 14.0 Å². The van der Waals surface area contributed by atoms with E-state index in [9.17, 15) is 9.59 Å². The normalized spacial score (nSPS) is 12.1. The molecule has 2 aromatic rings. The molecule has 1 aliphatic heterocycles. The van der Waals surface area contributed by atoms with Gasteiger partial charge in [-0.2, -0.15) is 0 Å². The summed E-state index contributed by atoms with van der Waals surface area (Å²) < 4.78 is 15.5. The molecule has 0 saturated carbocycles. The van der Waals surface area contributed by atoms with Crippen molar-refractivity contribution in [2.75, 3.05) is 18.2 Å². The number of hydrogen-bond donors (Lipinski definition) is 1. The number of fused-ring (bicyclic) bond motifs is 1. The van der Waals surface area contributed by atoms with Crippen LogP contribution in [0.2, 0.25) is 0 Å². The highest BCUT2D eigenvalue weighted by molar-refractivity contribution is 5.91. The number of ether oxygens (including phenoxy) is 2. The standard InChI is InChI=1S/C17H19N3O5/c1-11-7-16(19-25-11)20(12(2)21)6-5-17(22)18-9-13-3-4-14-15(8-13)24-10-23-14/h3-4,7-8H,5-6,9-10H2,1-2H3,(H,18,22). The molecule has 132 valence electrons. The summed E-state index contributed by atoms with van der Waals surface area (Å²) in [6.45, 7) is 3.99. The second-order valence-corrected chi connectivity index (χ2v) is 5.68. The minimum atomic E-state index is -0.197. The number of rotatable bonds is 6. The first-order chi connectivity index (χ1) is 12.0. The van der Waals surface area contributed by atoms with Crippen molar-refractivity contribution in [3.8, 4) is 11.5 Å². The molecule has 25 heavy (non-hydrogen) atoms. The molecule has 1 aromatic heterocycles. The third kappa shape index (κ3) is 4.09. The monoisotopic (exact) mass is 345 g/mol. The Morgan fingerprint density at radius 1 is 1.24 bits per heavy atom. The highest BCUT2D eigenvalue weighted by Gasteiger charge is 2.17. The van der Waals surface area contributed by atoms with E-state index in [1.54, 1.807) is 13.0 Å². The van der Waals surface area contributed by atoms with E-state index >= 15 is 0 Å². The molecule has 2 heterocycles. The van der Waals surface area contributed by atoms with Gasteiger partial charge in [-0.15, -0.1) is 0 Å². The highest BCUT2D eigenvalue weighted by Crippen LogP contribution is 2.32. The van der Waals surface area contributed by atoms with Crippen molar-refractivity contribution in [3.05, 3.63) is 35.6 Å². The number of anilines is 1. The van der Waals surface area contributed by atoms with Gasteiger partial charge in [0.15, 0.2) is 17.3 Å². The quantitative estimate of drug-likeness (QED) is 0.857. The minimum Gasteiger partial charge on any atom is -0.454 e. The number of carbonyl (C=O) groups excluding carboxylic acids is 2. The van der Waals surface area contributed by atoms with Gasteiger partial charge in [-0.1, -0.05) is 11.2 Å². The summed E-state index contributed by atoms with van der Waals surface area (Å²) in [7, 11) is 0. The molecule has 0 saturated heterocycles. The van der Waals surface area contributed by atoms with Crippen LogP contribution in [0, 0.1) is 6.92 Å². The number of aromatic nitrogens is 1. The number of nitrogens with one attached hydrogen (secondary N) is 1. The third-order valence-corrected chi connectivity index (χ3v) is 3.76. The van der Waals surface area contributed by atoms with Gasteiger partial charge in [-0.05, 0) is 24.6 Å². The van der Waals surface area contributed by atoms with Crippen molar-refractivity contribution in [2.24, 2.45) is 0 Å². The van der Waals surface area contributed by atoms with Crippen molar-refractivity contribution >= 4 is 17.6 Å². The van der Waals surface area contributed by atoms with E-state index in [0.29, 0.717) is 29.6 Å². The molecule has 3 rings (SSSR count). The predicted octanol–water partition coefficient (Wildman–Crippen LogP) is 1.77. The van der Waals surface area contributed by atoms with E-state index < -0.39 is 0 Å². The molecule has 2 amide bonds. The van der Waals surface area contributed by atoms with Crippen LogP contribution in [0.5, 0.6) is 11.5 Å². The lowest BCUT2D eigenvalue weighted by Crippen LogP contribution is -2.33. The molecule has 0 spiro atoms. The van der Waals surface area contributed by atoms with Crippen LogP contribution in [-0.4, -0.2) is 30.3 Å². The van der Waals surface area contributed by atoms with Crippen LogP contribution >= 0.6 is 0 Å². The van der Waals surface area contributed by atoms with Gasteiger partial charge in [0.05, 0.1) is 0 Å². The first kappa shape index (κ1) is 16.8. The number of nitrogens with zero attached hydrogens (tertiary/aromatic N) is 2. The van der Waals surface area contributed by atoms with Crippen molar-refractivity contribution < 1.29 is 23.6 Å². The number of carbonyl (C=O) groups is 2. The Morgan fingerprint density at radius 2 is 2.04 bits per heavy atom. The first-order valence-corrected chi connectivity index (χ1v) is 7.89. The molecule has 0 atom stereocenters. The van der Waals surface area contributed by atoms with Gasteiger partial charge >= 0.3 is 0 Å². The fraction of sp³-hybridized carbons (Fsp3) is 0.353. The number of benzene rings is 1. The van der Waals surface area contributed by atoms with Gasteiger partial charge in [0.25, 0.3) is 0 Å². The van der Waals surface area contributed by atoms with E-state index in [0.717, 1.165) is 5.56 Å². The van der Waals surface area contributed by atoms with E-state index in [2.05, 4.69) is 10.5 Å². The average molecular weight is 345 g/mol. The third-order valence-electron chi connectivity index (χ3n) is 3.76. The maximum absolute atomic E-state index is 12.1. The molecule has 8 nitrogen and oxygen atoms in total. The van der Waals surface area contributed by atoms with Gasteiger partial charge in [0, 0.05) is 32.5 Å². The summed E-state index contributed by atoms with van der Waals surface area (Å²) in [5, 5.41) is 6.64. The summed E-state index contributed by atoms with van der Waals surface area (Å²) >= 11 is 0. The Balaban J connectivity index is 1.51. The largest absolute Gasteiger partial charge is 0.454 e. The van der Waals surface area contributed by atoms with Crippen LogP contribution in [0.15, 0.2) is 28.8 Å². The Labute approximate surface area is 144 Å². The fourth-order valence-corrected chi connectivity index (χ4v) is 2.47. The number of hydrogen-bond acceptors (Lipinski definition) is 6. The van der Waals surface area contributed by atoms with Crippen LogP contribution in [0.25, 0.3) is 0 Å². The Hall–Kier alpha value is -3.03. The predicted molar refractivity (Wildman–Crippen MR) is 88.3 cm³/mol. The number of amides is 2. The maximum atomic E-state index is 12.1. The molecule has 1 N–H and O–H groups in total. The van der Waals surface area contributed by atoms with Gasteiger partial charge in [0.2, 0.25) is 18.6 Å². The zero-order chi connectivity index (χ0) is 17.8. The summed E-state index contributed by atoms with van der Waals surface area (Å²) in [4.78, 5) is 25.2. The summed E-state index contributed by atoms with van der Waals surface area (Å²) in [6.07, 6.45) is 0.163. The van der Waals surface area contributed by atoms with Crippen molar-refractivity contribution in [1.82, 2.24) is 10.5 Å². The lowest BCUT2D eigenvalue weighted by molar-refractivity contribution is -0.121. The first-order valence-electron chi connectivity index (χ1n) is 7.89. The van der Waals surface area contributed by atoms with Crippen LogP contribution < -0.4 is 19.7 Å². The average Bonchev–Trinajstić information content (AvgIpc) is 3.21. The lowest BCUT2D eigenvalue weighted by Gasteiger charge is -2.17. The Morgan fingerprint density at radius 3 is 2.76 bits per heavy atom. The molecule has 0 radical (unpaired) electrons. The second-order valence-electron chi connectivity index (χ2n) is 5.68. The molecule has 0 bridgehead atoms. The van der Waals surface area contributed by atoms with Gasteiger partial charge in [0.1, 0.15) is 5.76 Å². The van der Waals surface area contributed by atoms with Crippen molar-refractivity contribution in [3.63, 3.8) is 0 Å². The molecule has 0 fully saturated rings.